The largest absolute Gasteiger partial charge is 0.367 e. The SMILES string of the molecule is CN(CC1(N(C)C)CCC1)c1ccc(C=O)cc1[N+](=O)[O-]. The molecule has 0 spiro atoms. The number of rotatable bonds is 6. The Hall–Kier alpha value is -1.95. The van der Waals surface area contributed by atoms with Gasteiger partial charge in [-0.15, -0.1) is 0 Å². The second-order valence-electron chi connectivity index (χ2n) is 5.95. The van der Waals surface area contributed by atoms with E-state index in [0.29, 0.717) is 17.5 Å². The van der Waals surface area contributed by atoms with Crippen molar-refractivity contribution in [3.63, 3.8) is 0 Å². The molecule has 6 nitrogen and oxygen atoms in total. The highest BCUT2D eigenvalue weighted by molar-refractivity contribution is 5.79. The minimum atomic E-state index is -0.429. The predicted octanol–water partition coefficient (Wildman–Crippen LogP) is 2.33. The molecule has 1 aromatic rings. The van der Waals surface area contributed by atoms with Gasteiger partial charge in [-0.25, -0.2) is 0 Å². The molecule has 0 N–H and O–H groups in total. The Kier molecular flexibility index (Phi) is 4.27. The maximum atomic E-state index is 11.2. The quantitative estimate of drug-likeness (QED) is 0.457. The molecule has 114 valence electrons. The average molecular weight is 291 g/mol. The molecular weight excluding hydrogens is 270 g/mol. The predicted molar refractivity (Wildman–Crippen MR) is 82.0 cm³/mol. The van der Waals surface area contributed by atoms with E-state index in [1.807, 2.05) is 11.9 Å². The van der Waals surface area contributed by atoms with Gasteiger partial charge in [0.15, 0.2) is 0 Å². The Morgan fingerprint density at radius 1 is 1.33 bits per heavy atom. The van der Waals surface area contributed by atoms with Crippen molar-refractivity contribution in [2.75, 3.05) is 32.6 Å². The molecule has 0 unspecified atom stereocenters. The molecule has 0 atom stereocenters. The minimum Gasteiger partial charge on any atom is -0.367 e. The van der Waals surface area contributed by atoms with Gasteiger partial charge in [-0.1, -0.05) is 0 Å². The summed E-state index contributed by atoms with van der Waals surface area (Å²) in [7, 11) is 5.97. The molecule has 1 aliphatic carbocycles. The van der Waals surface area contributed by atoms with Crippen molar-refractivity contribution in [2.45, 2.75) is 24.8 Å². The highest BCUT2D eigenvalue weighted by Crippen LogP contribution is 2.38. The number of benzene rings is 1. The average Bonchev–Trinajstić information content (AvgIpc) is 2.41. The Morgan fingerprint density at radius 2 is 2.00 bits per heavy atom. The molecule has 0 amide bonds. The van der Waals surface area contributed by atoms with Crippen LogP contribution in [0.25, 0.3) is 0 Å². The van der Waals surface area contributed by atoms with E-state index in [1.165, 1.54) is 12.5 Å². The van der Waals surface area contributed by atoms with E-state index < -0.39 is 4.92 Å². The first-order valence-electron chi connectivity index (χ1n) is 7.02. The van der Waals surface area contributed by atoms with E-state index in [2.05, 4.69) is 19.0 Å². The maximum absolute atomic E-state index is 11.2. The van der Waals surface area contributed by atoms with Gasteiger partial charge in [0.25, 0.3) is 5.69 Å². The Labute approximate surface area is 124 Å². The summed E-state index contributed by atoms with van der Waals surface area (Å²) in [5.41, 5.74) is 0.949. The minimum absolute atomic E-state index is 0.0182. The fraction of sp³-hybridized carbons (Fsp3) is 0.533. The van der Waals surface area contributed by atoms with Crippen LogP contribution >= 0.6 is 0 Å². The first-order valence-corrected chi connectivity index (χ1v) is 7.02. The molecule has 1 saturated carbocycles. The normalized spacial score (nSPS) is 16.4. The molecule has 0 radical (unpaired) electrons. The van der Waals surface area contributed by atoms with Crippen molar-refractivity contribution in [3.05, 3.63) is 33.9 Å². The lowest BCUT2D eigenvalue weighted by Gasteiger charge is -2.49. The number of nitro groups is 1. The summed E-state index contributed by atoms with van der Waals surface area (Å²) in [6.45, 7) is 0.737. The zero-order valence-electron chi connectivity index (χ0n) is 12.7. The summed E-state index contributed by atoms with van der Waals surface area (Å²) < 4.78 is 0. The van der Waals surface area contributed by atoms with Crippen molar-refractivity contribution in [1.82, 2.24) is 4.90 Å². The molecular formula is C15H21N3O3. The molecule has 0 bridgehead atoms. The van der Waals surface area contributed by atoms with Gasteiger partial charge in [-0.2, -0.15) is 0 Å². The maximum Gasteiger partial charge on any atom is 0.293 e. The first kappa shape index (κ1) is 15.4. The van der Waals surface area contributed by atoms with Crippen LogP contribution < -0.4 is 4.90 Å². The monoisotopic (exact) mass is 291 g/mol. The van der Waals surface area contributed by atoms with Crippen molar-refractivity contribution in [1.29, 1.82) is 0 Å². The molecule has 0 aromatic heterocycles. The Morgan fingerprint density at radius 3 is 2.43 bits per heavy atom. The number of likely N-dealkylation sites (N-methyl/N-ethyl adjacent to an activating group) is 2. The Bertz CT molecular complexity index is 553. The van der Waals surface area contributed by atoms with Crippen LogP contribution in [-0.2, 0) is 0 Å². The number of anilines is 1. The fourth-order valence-electron chi connectivity index (χ4n) is 2.94. The molecule has 6 heteroatoms. The van der Waals surface area contributed by atoms with Gasteiger partial charge in [-0.05, 0) is 45.5 Å². The third-order valence-electron chi connectivity index (χ3n) is 4.51. The highest BCUT2D eigenvalue weighted by atomic mass is 16.6. The summed E-state index contributed by atoms with van der Waals surface area (Å²) in [6.07, 6.45) is 4.03. The van der Waals surface area contributed by atoms with Gasteiger partial charge in [0, 0.05) is 30.8 Å². The zero-order chi connectivity index (χ0) is 15.6. The third kappa shape index (κ3) is 2.90. The molecule has 1 aliphatic rings. The first-order chi connectivity index (χ1) is 9.89. The topological polar surface area (TPSA) is 66.7 Å². The van der Waals surface area contributed by atoms with Crippen LogP contribution in [0.4, 0.5) is 11.4 Å². The van der Waals surface area contributed by atoms with Crippen LogP contribution in [0.2, 0.25) is 0 Å². The molecule has 0 heterocycles. The molecule has 0 aliphatic heterocycles. The van der Waals surface area contributed by atoms with E-state index in [-0.39, 0.29) is 11.2 Å². The number of carbonyl (C=O) groups is 1. The molecule has 1 aromatic carbocycles. The van der Waals surface area contributed by atoms with Gasteiger partial charge in [0.2, 0.25) is 0 Å². The van der Waals surface area contributed by atoms with Crippen LogP contribution in [0, 0.1) is 10.1 Å². The Balaban J connectivity index is 2.28. The van der Waals surface area contributed by atoms with Crippen molar-refractivity contribution in [3.8, 4) is 0 Å². The van der Waals surface area contributed by atoms with E-state index in [1.54, 1.807) is 12.1 Å². The standard InChI is InChI=1S/C15H21N3O3/c1-16(2)15(7-4-8-15)11-17(3)13-6-5-12(10-19)9-14(13)18(20)21/h5-6,9-10H,4,7-8,11H2,1-3H3. The van der Waals surface area contributed by atoms with Crippen LogP contribution in [-0.4, -0.2) is 49.3 Å². The van der Waals surface area contributed by atoms with Crippen LogP contribution in [0.15, 0.2) is 18.2 Å². The second kappa shape index (κ2) is 5.81. The van der Waals surface area contributed by atoms with Gasteiger partial charge >= 0.3 is 0 Å². The van der Waals surface area contributed by atoms with E-state index in [0.717, 1.165) is 19.4 Å². The van der Waals surface area contributed by atoms with E-state index in [9.17, 15) is 14.9 Å². The summed E-state index contributed by atoms with van der Waals surface area (Å²) in [6, 6.07) is 4.61. The van der Waals surface area contributed by atoms with Crippen LogP contribution in [0.5, 0.6) is 0 Å². The summed E-state index contributed by atoms with van der Waals surface area (Å²) >= 11 is 0. The van der Waals surface area contributed by atoms with Gasteiger partial charge in [0.05, 0.1) is 4.92 Å². The number of nitrogens with zero attached hydrogens (tertiary/aromatic N) is 3. The van der Waals surface area contributed by atoms with Crippen molar-refractivity contribution < 1.29 is 9.72 Å². The summed E-state index contributed by atoms with van der Waals surface area (Å²) in [4.78, 5) is 25.7. The van der Waals surface area contributed by atoms with Crippen molar-refractivity contribution >= 4 is 17.7 Å². The number of carbonyl (C=O) groups excluding carboxylic acids is 1. The number of nitro benzene ring substituents is 1. The summed E-state index contributed by atoms with van der Waals surface area (Å²) in [5, 5.41) is 11.2. The lowest BCUT2D eigenvalue weighted by atomic mass is 9.75. The fourth-order valence-corrected chi connectivity index (χ4v) is 2.94. The lowest BCUT2D eigenvalue weighted by molar-refractivity contribution is -0.384. The number of hydrogen-bond acceptors (Lipinski definition) is 5. The molecule has 1 fully saturated rings. The van der Waals surface area contributed by atoms with Crippen LogP contribution in [0.3, 0.4) is 0 Å². The van der Waals surface area contributed by atoms with Crippen LogP contribution in [0.1, 0.15) is 29.6 Å². The lowest BCUT2D eigenvalue weighted by Crippen LogP contribution is -2.56. The molecule has 21 heavy (non-hydrogen) atoms. The second-order valence-corrected chi connectivity index (χ2v) is 5.95. The number of hydrogen-bond donors (Lipinski definition) is 0. The highest BCUT2D eigenvalue weighted by Gasteiger charge is 2.40. The van der Waals surface area contributed by atoms with Gasteiger partial charge < -0.3 is 9.80 Å². The smallest absolute Gasteiger partial charge is 0.293 e. The zero-order valence-corrected chi connectivity index (χ0v) is 12.7. The van der Waals surface area contributed by atoms with Crippen molar-refractivity contribution in [2.24, 2.45) is 0 Å². The van der Waals surface area contributed by atoms with E-state index >= 15 is 0 Å². The molecule has 0 saturated heterocycles. The summed E-state index contributed by atoms with van der Waals surface area (Å²) in [5.74, 6) is 0. The van der Waals surface area contributed by atoms with E-state index in [4.69, 9.17) is 0 Å². The molecule has 2 rings (SSSR count). The van der Waals surface area contributed by atoms with Gasteiger partial charge in [-0.3, -0.25) is 14.9 Å². The van der Waals surface area contributed by atoms with Gasteiger partial charge in [0.1, 0.15) is 12.0 Å². The third-order valence-corrected chi connectivity index (χ3v) is 4.51. The number of aldehydes is 1.